The molecule has 1 fully saturated rings. The topological polar surface area (TPSA) is 60.9 Å². The van der Waals surface area contributed by atoms with Crippen molar-refractivity contribution in [1.29, 1.82) is 0 Å². The first kappa shape index (κ1) is 22.6. The number of hydrogen-bond donors (Lipinski definition) is 0. The molecule has 0 radical (unpaired) electrons. The lowest BCUT2D eigenvalue weighted by atomic mass is 10.0. The third-order valence-corrected chi connectivity index (χ3v) is 8.60. The van der Waals surface area contributed by atoms with Gasteiger partial charge in [-0.25, -0.2) is 8.42 Å². The smallest absolute Gasteiger partial charge is 0.253 e. The first-order valence-corrected chi connectivity index (χ1v) is 13.2. The van der Waals surface area contributed by atoms with Crippen molar-refractivity contribution in [2.45, 2.75) is 24.3 Å². The number of fused-ring (bicyclic) bond motifs is 1. The molecule has 7 heteroatoms. The minimum Gasteiger partial charge on any atom is -0.367 e. The Morgan fingerprint density at radius 3 is 2.18 bits per heavy atom. The summed E-state index contributed by atoms with van der Waals surface area (Å²) in [7, 11) is -3.53. The van der Waals surface area contributed by atoms with Crippen LogP contribution in [0.2, 0.25) is 0 Å². The van der Waals surface area contributed by atoms with E-state index >= 15 is 0 Å². The summed E-state index contributed by atoms with van der Waals surface area (Å²) in [6, 6.07) is 24.9. The lowest BCUT2D eigenvalue weighted by Crippen LogP contribution is -2.50. The van der Waals surface area contributed by atoms with E-state index in [1.54, 1.807) is 35.2 Å². The summed E-state index contributed by atoms with van der Waals surface area (Å²) in [5.41, 5.74) is 4.51. The van der Waals surface area contributed by atoms with Crippen molar-refractivity contribution >= 4 is 21.6 Å². The summed E-state index contributed by atoms with van der Waals surface area (Å²) >= 11 is 0. The monoisotopic (exact) mass is 475 g/mol. The molecule has 1 saturated heterocycles. The number of anilines is 1. The number of amides is 1. The highest BCUT2D eigenvalue weighted by Crippen LogP contribution is 2.28. The normalized spacial score (nSPS) is 16.8. The summed E-state index contributed by atoms with van der Waals surface area (Å²) in [4.78, 5) is 17.5. The van der Waals surface area contributed by atoms with E-state index in [2.05, 4.69) is 29.2 Å². The molecular formula is C27H29N3O3S. The molecule has 176 valence electrons. The van der Waals surface area contributed by atoms with Gasteiger partial charge >= 0.3 is 0 Å². The molecule has 34 heavy (non-hydrogen) atoms. The second-order valence-electron chi connectivity index (χ2n) is 8.86. The van der Waals surface area contributed by atoms with Gasteiger partial charge in [0.25, 0.3) is 5.91 Å². The number of sulfonamides is 1. The van der Waals surface area contributed by atoms with E-state index in [4.69, 9.17) is 0 Å². The first-order chi connectivity index (χ1) is 16.5. The van der Waals surface area contributed by atoms with E-state index in [-0.39, 0.29) is 5.91 Å². The lowest BCUT2D eigenvalue weighted by Gasteiger charge is -2.34. The zero-order valence-electron chi connectivity index (χ0n) is 19.1. The van der Waals surface area contributed by atoms with Crippen LogP contribution in [0.1, 0.15) is 27.9 Å². The predicted octanol–water partition coefficient (Wildman–Crippen LogP) is 3.79. The minimum atomic E-state index is -3.53. The van der Waals surface area contributed by atoms with Gasteiger partial charge in [-0.15, -0.1) is 0 Å². The summed E-state index contributed by atoms with van der Waals surface area (Å²) in [5.74, 6) is -0.0494. The Kier molecular flexibility index (Phi) is 6.39. The van der Waals surface area contributed by atoms with Gasteiger partial charge in [-0.1, -0.05) is 48.5 Å². The van der Waals surface area contributed by atoms with E-state index in [0.29, 0.717) is 36.6 Å². The van der Waals surface area contributed by atoms with E-state index in [1.807, 2.05) is 24.3 Å². The van der Waals surface area contributed by atoms with Crippen molar-refractivity contribution in [3.05, 3.63) is 95.6 Å². The Morgan fingerprint density at radius 1 is 0.765 bits per heavy atom. The van der Waals surface area contributed by atoms with Crippen molar-refractivity contribution in [2.75, 3.05) is 37.6 Å². The molecule has 0 atom stereocenters. The van der Waals surface area contributed by atoms with Gasteiger partial charge in [0.15, 0.2) is 0 Å². The van der Waals surface area contributed by atoms with Crippen molar-refractivity contribution in [2.24, 2.45) is 0 Å². The quantitative estimate of drug-likeness (QED) is 0.563. The highest BCUT2D eigenvalue weighted by Gasteiger charge is 2.30. The van der Waals surface area contributed by atoms with Crippen molar-refractivity contribution in [1.82, 2.24) is 9.21 Å². The third kappa shape index (κ3) is 4.58. The molecule has 0 aliphatic carbocycles. The van der Waals surface area contributed by atoms with Gasteiger partial charge < -0.3 is 9.80 Å². The van der Waals surface area contributed by atoms with Gasteiger partial charge in [0.05, 0.1) is 4.90 Å². The predicted molar refractivity (Wildman–Crippen MR) is 133 cm³/mol. The van der Waals surface area contributed by atoms with Crippen LogP contribution in [0.5, 0.6) is 0 Å². The van der Waals surface area contributed by atoms with Crippen LogP contribution >= 0.6 is 0 Å². The SMILES string of the molecule is O=C(c1ccc(CN2CCCc3ccccc32)cc1)N1CCN(S(=O)(=O)c2ccccc2)CC1. The molecular weight excluding hydrogens is 446 g/mol. The molecule has 0 unspecified atom stereocenters. The Labute approximate surface area is 201 Å². The standard InChI is InChI=1S/C27H29N3O3S/c31-27(28-17-19-30(20-18-28)34(32,33)25-9-2-1-3-10-25)24-14-12-22(13-15-24)21-29-16-6-8-23-7-4-5-11-26(23)29/h1-5,7,9-15H,6,8,16-21H2. The largest absolute Gasteiger partial charge is 0.367 e. The van der Waals surface area contributed by atoms with Gasteiger partial charge in [-0.2, -0.15) is 4.31 Å². The number of carbonyl (C=O) groups excluding carboxylic acids is 1. The summed E-state index contributed by atoms with van der Waals surface area (Å²) in [5, 5.41) is 0. The highest BCUT2D eigenvalue weighted by molar-refractivity contribution is 7.89. The van der Waals surface area contributed by atoms with Crippen LogP contribution in [-0.4, -0.2) is 56.3 Å². The fourth-order valence-electron chi connectivity index (χ4n) is 4.80. The number of para-hydroxylation sites is 1. The fraction of sp³-hybridized carbons (Fsp3) is 0.296. The number of aryl methyl sites for hydroxylation is 1. The van der Waals surface area contributed by atoms with Gasteiger partial charge in [0.1, 0.15) is 0 Å². The molecule has 1 amide bonds. The minimum absolute atomic E-state index is 0.0494. The van der Waals surface area contributed by atoms with Crippen LogP contribution in [0.15, 0.2) is 83.8 Å². The van der Waals surface area contributed by atoms with Gasteiger partial charge in [0.2, 0.25) is 10.0 Å². The van der Waals surface area contributed by atoms with Gasteiger partial charge in [0, 0.05) is 50.5 Å². The van der Waals surface area contributed by atoms with Gasteiger partial charge in [-0.3, -0.25) is 4.79 Å². The lowest BCUT2D eigenvalue weighted by molar-refractivity contribution is 0.0698. The summed E-state index contributed by atoms with van der Waals surface area (Å²) in [6.45, 7) is 3.23. The molecule has 0 bridgehead atoms. The fourth-order valence-corrected chi connectivity index (χ4v) is 6.25. The zero-order chi connectivity index (χ0) is 23.5. The molecule has 5 rings (SSSR count). The van der Waals surface area contributed by atoms with E-state index in [0.717, 1.165) is 25.9 Å². The van der Waals surface area contributed by atoms with Crippen LogP contribution in [0, 0.1) is 0 Å². The second kappa shape index (κ2) is 9.60. The average molecular weight is 476 g/mol. The number of nitrogens with zero attached hydrogens (tertiary/aromatic N) is 3. The average Bonchev–Trinajstić information content (AvgIpc) is 2.89. The number of piperazine rings is 1. The van der Waals surface area contributed by atoms with Crippen LogP contribution in [0.25, 0.3) is 0 Å². The van der Waals surface area contributed by atoms with Gasteiger partial charge in [-0.05, 0) is 54.3 Å². The molecule has 0 spiro atoms. The zero-order valence-corrected chi connectivity index (χ0v) is 20.0. The van der Waals surface area contributed by atoms with E-state index in [9.17, 15) is 13.2 Å². The molecule has 2 heterocycles. The molecule has 2 aliphatic rings. The van der Waals surface area contributed by atoms with Crippen molar-refractivity contribution in [3.8, 4) is 0 Å². The Bertz CT molecular complexity index is 1250. The Hall–Kier alpha value is -3.16. The number of benzene rings is 3. The van der Waals surface area contributed by atoms with Crippen LogP contribution in [-0.2, 0) is 23.0 Å². The number of carbonyl (C=O) groups is 1. The van der Waals surface area contributed by atoms with Crippen LogP contribution < -0.4 is 4.90 Å². The molecule has 0 aromatic heterocycles. The van der Waals surface area contributed by atoms with Crippen LogP contribution in [0.4, 0.5) is 5.69 Å². The molecule has 0 saturated carbocycles. The second-order valence-corrected chi connectivity index (χ2v) is 10.8. The summed E-state index contributed by atoms with van der Waals surface area (Å²) < 4.78 is 27.1. The highest BCUT2D eigenvalue weighted by atomic mass is 32.2. The summed E-state index contributed by atoms with van der Waals surface area (Å²) in [6.07, 6.45) is 2.28. The van der Waals surface area contributed by atoms with E-state index < -0.39 is 10.0 Å². The molecule has 3 aromatic carbocycles. The number of rotatable bonds is 5. The van der Waals surface area contributed by atoms with Crippen LogP contribution in [0.3, 0.4) is 0 Å². The first-order valence-electron chi connectivity index (χ1n) is 11.8. The maximum Gasteiger partial charge on any atom is 0.253 e. The van der Waals surface area contributed by atoms with Crippen molar-refractivity contribution in [3.63, 3.8) is 0 Å². The maximum absolute atomic E-state index is 13.0. The third-order valence-electron chi connectivity index (χ3n) is 6.69. The van der Waals surface area contributed by atoms with Crippen molar-refractivity contribution < 1.29 is 13.2 Å². The Balaban J connectivity index is 1.20. The van der Waals surface area contributed by atoms with E-state index in [1.165, 1.54) is 21.1 Å². The molecule has 3 aromatic rings. The molecule has 2 aliphatic heterocycles. The Morgan fingerprint density at radius 2 is 1.44 bits per heavy atom. The molecule has 0 N–H and O–H groups in total. The number of hydrogen-bond acceptors (Lipinski definition) is 4. The maximum atomic E-state index is 13.0. The molecule has 6 nitrogen and oxygen atoms in total.